The summed E-state index contributed by atoms with van der Waals surface area (Å²) in [5.74, 6) is -2.56. The van der Waals surface area contributed by atoms with E-state index in [0.717, 1.165) is 6.29 Å². The summed E-state index contributed by atoms with van der Waals surface area (Å²) in [5, 5.41) is 0. The minimum Gasteiger partial charge on any atom is -0.419 e. The van der Waals surface area contributed by atoms with Crippen LogP contribution in [0.1, 0.15) is 29.8 Å². The van der Waals surface area contributed by atoms with Crippen LogP contribution in [0.5, 0.6) is 0 Å². The number of carbonyl (C=O) groups excluding carboxylic acids is 3. The van der Waals surface area contributed by atoms with E-state index in [1.54, 1.807) is 49.1 Å². The highest BCUT2D eigenvalue weighted by Crippen LogP contribution is 2.23. The molecule has 0 aliphatic carbocycles. The van der Waals surface area contributed by atoms with Gasteiger partial charge in [-0.05, 0) is 35.9 Å². The van der Waals surface area contributed by atoms with Gasteiger partial charge in [0.1, 0.15) is 11.9 Å². The Morgan fingerprint density at radius 3 is 1.68 bits per heavy atom. The molecule has 2 aromatic rings. The fourth-order valence-corrected chi connectivity index (χ4v) is 1.85. The summed E-state index contributed by atoms with van der Waals surface area (Å²) in [6, 6.07) is 6.67. The van der Waals surface area contributed by atoms with E-state index in [1.165, 1.54) is 19.9 Å². The lowest BCUT2D eigenvalue weighted by atomic mass is 10.1. The molecule has 0 spiro atoms. The van der Waals surface area contributed by atoms with Crippen molar-refractivity contribution in [3.05, 3.63) is 65.8 Å². The number of aromatic nitrogens is 2. The molecule has 0 bridgehead atoms. The van der Waals surface area contributed by atoms with Crippen LogP contribution in [0.4, 0.5) is 0 Å². The third-order valence-corrected chi connectivity index (χ3v) is 2.98. The molecule has 0 atom stereocenters. The third kappa shape index (κ3) is 5.35. The molecule has 0 N–H and O–H groups in total. The molecular weight excluding hydrogens is 324 g/mol. The van der Waals surface area contributed by atoms with Crippen LogP contribution in [0.3, 0.4) is 0 Å². The van der Waals surface area contributed by atoms with Gasteiger partial charge in [0.05, 0.1) is 0 Å². The van der Waals surface area contributed by atoms with Crippen molar-refractivity contribution in [2.24, 2.45) is 0 Å². The summed E-state index contributed by atoms with van der Waals surface area (Å²) >= 11 is 0. The van der Waals surface area contributed by atoms with Gasteiger partial charge in [0.15, 0.2) is 0 Å². The highest BCUT2D eigenvalue weighted by molar-refractivity contribution is 6.18. The maximum Gasteiger partial charge on any atom is 0.348 e. The Morgan fingerprint density at radius 1 is 0.840 bits per heavy atom. The molecule has 0 unspecified atom stereocenters. The second kappa shape index (κ2) is 7.96. The summed E-state index contributed by atoms with van der Waals surface area (Å²) in [4.78, 5) is 40.8. The standard InChI is InChI=1S/C12H11NO4.C6H5NO/c1-12(2)16-10(14)9(11(15)17-12)7-8-3-5-13-6-4-8;8-5-6-1-3-7-4-2-6/h3-7H,1-2H3;1-5H. The van der Waals surface area contributed by atoms with E-state index >= 15 is 0 Å². The first-order valence-electron chi connectivity index (χ1n) is 7.35. The lowest BCUT2D eigenvalue weighted by Gasteiger charge is -2.29. The van der Waals surface area contributed by atoms with Crippen molar-refractivity contribution in [2.45, 2.75) is 19.6 Å². The number of pyridine rings is 2. The van der Waals surface area contributed by atoms with Crippen LogP contribution >= 0.6 is 0 Å². The third-order valence-electron chi connectivity index (χ3n) is 2.98. The first-order chi connectivity index (χ1) is 11.9. The van der Waals surface area contributed by atoms with Crippen LogP contribution in [0, 0.1) is 0 Å². The van der Waals surface area contributed by atoms with E-state index in [1.807, 2.05) is 0 Å². The van der Waals surface area contributed by atoms with Gasteiger partial charge in [0.25, 0.3) is 5.79 Å². The summed E-state index contributed by atoms with van der Waals surface area (Å²) in [6.45, 7) is 3.01. The Bertz CT molecular complexity index is 764. The van der Waals surface area contributed by atoms with Gasteiger partial charge in [-0.25, -0.2) is 9.59 Å². The Morgan fingerprint density at radius 2 is 1.28 bits per heavy atom. The molecule has 7 heteroatoms. The number of esters is 2. The van der Waals surface area contributed by atoms with Crippen molar-refractivity contribution >= 4 is 24.3 Å². The van der Waals surface area contributed by atoms with Crippen molar-refractivity contribution in [1.29, 1.82) is 0 Å². The Kier molecular flexibility index (Phi) is 5.73. The number of aldehydes is 1. The molecule has 1 fully saturated rings. The largest absolute Gasteiger partial charge is 0.419 e. The number of hydrogen-bond donors (Lipinski definition) is 0. The van der Waals surface area contributed by atoms with Gasteiger partial charge < -0.3 is 9.47 Å². The van der Waals surface area contributed by atoms with Crippen LogP contribution in [0.25, 0.3) is 6.08 Å². The number of ether oxygens (including phenoxy) is 2. The van der Waals surface area contributed by atoms with Gasteiger partial charge in [-0.3, -0.25) is 14.8 Å². The zero-order valence-corrected chi connectivity index (χ0v) is 13.7. The van der Waals surface area contributed by atoms with E-state index in [9.17, 15) is 14.4 Å². The second-order valence-electron chi connectivity index (χ2n) is 5.42. The molecule has 1 aliphatic rings. The topological polar surface area (TPSA) is 95.5 Å². The molecule has 0 aromatic carbocycles. The smallest absolute Gasteiger partial charge is 0.348 e. The number of cyclic esters (lactones) is 2. The molecule has 7 nitrogen and oxygen atoms in total. The lowest BCUT2D eigenvalue weighted by molar-refractivity contribution is -0.222. The summed E-state index contributed by atoms with van der Waals surface area (Å²) in [5.41, 5.74) is 1.24. The Labute approximate surface area is 144 Å². The van der Waals surface area contributed by atoms with Gasteiger partial charge in [-0.15, -0.1) is 0 Å². The van der Waals surface area contributed by atoms with Crippen LogP contribution < -0.4 is 0 Å². The molecule has 1 aliphatic heterocycles. The highest BCUT2D eigenvalue weighted by Gasteiger charge is 2.38. The number of carbonyl (C=O) groups is 3. The van der Waals surface area contributed by atoms with E-state index < -0.39 is 17.7 Å². The predicted octanol–water partition coefficient (Wildman–Crippen LogP) is 2.20. The van der Waals surface area contributed by atoms with Crippen LogP contribution in [-0.4, -0.2) is 34.0 Å². The Balaban J connectivity index is 0.000000236. The van der Waals surface area contributed by atoms with Crippen LogP contribution in [0.2, 0.25) is 0 Å². The van der Waals surface area contributed by atoms with E-state index in [2.05, 4.69) is 9.97 Å². The second-order valence-corrected chi connectivity index (χ2v) is 5.42. The average molecular weight is 340 g/mol. The van der Waals surface area contributed by atoms with Crippen molar-refractivity contribution in [3.63, 3.8) is 0 Å². The zero-order chi connectivity index (χ0) is 18.3. The molecule has 128 valence electrons. The normalized spacial score (nSPS) is 15.2. The van der Waals surface area contributed by atoms with Crippen molar-refractivity contribution in [3.8, 4) is 0 Å². The van der Waals surface area contributed by atoms with Crippen molar-refractivity contribution in [2.75, 3.05) is 0 Å². The number of rotatable bonds is 2. The van der Waals surface area contributed by atoms with Gasteiger partial charge in [-0.2, -0.15) is 0 Å². The molecule has 25 heavy (non-hydrogen) atoms. The monoisotopic (exact) mass is 340 g/mol. The van der Waals surface area contributed by atoms with E-state index in [-0.39, 0.29) is 5.57 Å². The first kappa shape index (κ1) is 18.0. The average Bonchev–Trinajstić information content (AvgIpc) is 2.59. The van der Waals surface area contributed by atoms with E-state index in [0.29, 0.717) is 11.1 Å². The molecule has 0 amide bonds. The summed E-state index contributed by atoms with van der Waals surface area (Å²) in [7, 11) is 0. The Hall–Kier alpha value is -3.35. The van der Waals surface area contributed by atoms with Crippen molar-refractivity contribution in [1.82, 2.24) is 9.97 Å². The van der Waals surface area contributed by atoms with Gasteiger partial charge in [0, 0.05) is 44.2 Å². The van der Waals surface area contributed by atoms with Gasteiger partial charge in [0.2, 0.25) is 0 Å². The zero-order valence-electron chi connectivity index (χ0n) is 13.7. The molecule has 1 saturated heterocycles. The number of nitrogens with zero attached hydrogens (tertiary/aromatic N) is 2. The molecule has 3 rings (SSSR count). The molecule has 3 heterocycles. The maximum absolute atomic E-state index is 11.6. The molecule has 0 radical (unpaired) electrons. The number of hydrogen-bond acceptors (Lipinski definition) is 7. The fraction of sp³-hybridized carbons (Fsp3) is 0.167. The van der Waals surface area contributed by atoms with Gasteiger partial charge in [-0.1, -0.05) is 0 Å². The van der Waals surface area contributed by atoms with Crippen LogP contribution in [0.15, 0.2) is 54.6 Å². The molecular formula is C18H16N2O5. The van der Waals surface area contributed by atoms with Crippen LogP contribution in [-0.2, 0) is 19.1 Å². The molecule has 0 saturated carbocycles. The van der Waals surface area contributed by atoms with Crippen molar-refractivity contribution < 1.29 is 23.9 Å². The summed E-state index contributed by atoms with van der Waals surface area (Å²) < 4.78 is 9.93. The first-order valence-corrected chi connectivity index (χ1v) is 7.35. The fourth-order valence-electron chi connectivity index (χ4n) is 1.85. The van der Waals surface area contributed by atoms with Gasteiger partial charge >= 0.3 is 11.9 Å². The minimum absolute atomic E-state index is 0.115. The quantitative estimate of drug-likeness (QED) is 0.358. The maximum atomic E-state index is 11.6. The highest BCUT2D eigenvalue weighted by atomic mass is 16.7. The molecule has 2 aromatic heterocycles. The minimum atomic E-state index is -1.20. The SMILES string of the molecule is CC1(C)OC(=O)C(=Cc2ccncc2)C(=O)O1.O=Cc1ccncc1. The predicted molar refractivity (Wildman–Crippen MR) is 88.1 cm³/mol. The summed E-state index contributed by atoms with van der Waals surface area (Å²) in [6.07, 6.45) is 8.52. The van der Waals surface area contributed by atoms with E-state index in [4.69, 9.17) is 9.47 Å². The lowest BCUT2D eigenvalue weighted by Crippen LogP contribution is -2.41.